The molecule has 2 unspecified atom stereocenters. The topological polar surface area (TPSA) is 0 Å². The summed E-state index contributed by atoms with van der Waals surface area (Å²) in [7, 11) is 0. The van der Waals surface area contributed by atoms with Crippen molar-refractivity contribution in [3.8, 4) is 0 Å². The minimum Gasteiger partial charge on any atom is -0.0802 e. The molecular weight excluding hydrogens is 156 g/mol. The van der Waals surface area contributed by atoms with E-state index in [-0.39, 0.29) is 0 Å². The van der Waals surface area contributed by atoms with E-state index in [1.807, 2.05) is 0 Å². The van der Waals surface area contributed by atoms with E-state index >= 15 is 0 Å². The van der Waals surface area contributed by atoms with Gasteiger partial charge in [-0.3, -0.25) is 0 Å². The molecule has 0 aromatic heterocycles. The molecule has 0 aromatic carbocycles. The van der Waals surface area contributed by atoms with Crippen molar-refractivity contribution in [3.63, 3.8) is 0 Å². The minimum atomic E-state index is 0.456. The molecule has 0 spiro atoms. The highest BCUT2D eigenvalue weighted by atomic mass is 14.4. The molecule has 2 aliphatic rings. The molecule has 0 nitrogen and oxygen atoms in total. The Hall–Kier alpha value is -0.520. The fourth-order valence-electron chi connectivity index (χ4n) is 2.86. The summed E-state index contributed by atoms with van der Waals surface area (Å²) in [5, 5.41) is 0. The summed E-state index contributed by atoms with van der Waals surface area (Å²) in [6.07, 6.45) is 7.28. The summed E-state index contributed by atoms with van der Waals surface area (Å²) in [4.78, 5) is 0. The van der Waals surface area contributed by atoms with Crippen molar-refractivity contribution in [2.24, 2.45) is 17.3 Å². The van der Waals surface area contributed by atoms with Crippen LogP contribution in [-0.2, 0) is 0 Å². The summed E-state index contributed by atoms with van der Waals surface area (Å²) in [5.74, 6) is 1.63. The van der Waals surface area contributed by atoms with Crippen LogP contribution in [0.3, 0.4) is 0 Å². The van der Waals surface area contributed by atoms with Crippen molar-refractivity contribution in [2.75, 3.05) is 0 Å². The predicted molar refractivity (Wildman–Crippen MR) is 57.5 cm³/mol. The number of hydrogen-bond donors (Lipinski definition) is 0. The molecular formula is C13H20. The van der Waals surface area contributed by atoms with Crippen LogP contribution in [0.5, 0.6) is 0 Å². The molecule has 0 aromatic rings. The standard InChI is InChI=1S/C13H20/c1-9-8-12(13(2,3)4)11-7-5-6-10(9)11/h5-6,9,12H,7-8H2,1-4H3. The van der Waals surface area contributed by atoms with Gasteiger partial charge in [-0.1, -0.05) is 45.4 Å². The molecule has 2 atom stereocenters. The van der Waals surface area contributed by atoms with E-state index in [9.17, 15) is 0 Å². The second-order valence-electron chi connectivity index (χ2n) is 5.64. The highest BCUT2D eigenvalue weighted by molar-refractivity contribution is 5.41. The fraction of sp³-hybridized carbons (Fsp3) is 0.692. The van der Waals surface area contributed by atoms with Crippen LogP contribution in [0.25, 0.3) is 0 Å². The van der Waals surface area contributed by atoms with Crippen LogP contribution in [0.2, 0.25) is 0 Å². The second kappa shape index (κ2) is 2.73. The van der Waals surface area contributed by atoms with Gasteiger partial charge in [-0.15, -0.1) is 0 Å². The van der Waals surface area contributed by atoms with Gasteiger partial charge in [0.2, 0.25) is 0 Å². The van der Waals surface area contributed by atoms with Crippen molar-refractivity contribution in [1.29, 1.82) is 0 Å². The Kier molecular flexibility index (Phi) is 1.90. The third kappa shape index (κ3) is 1.37. The first-order chi connectivity index (χ1) is 6.00. The van der Waals surface area contributed by atoms with E-state index in [1.165, 1.54) is 12.8 Å². The van der Waals surface area contributed by atoms with Gasteiger partial charge >= 0.3 is 0 Å². The second-order valence-corrected chi connectivity index (χ2v) is 5.64. The SMILES string of the molecule is CC1CC(C(C)(C)C)C2=C1C=CC2. The first-order valence-corrected chi connectivity index (χ1v) is 5.39. The quantitative estimate of drug-likeness (QED) is 0.524. The Morgan fingerprint density at radius 2 is 2.00 bits per heavy atom. The lowest BCUT2D eigenvalue weighted by molar-refractivity contribution is 0.262. The Morgan fingerprint density at radius 1 is 1.31 bits per heavy atom. The average molecular weight is 176 g/mol. The highest BCUT2D eigenvalue weighted by Crippen LogP contribution is 2.49. The lowest BCUT2D eigenvalue weighted by Crippen LogP contribution is -2.20. The maximum Gasteiger partial charge on any atom is -0.0127 e. The van der Waals surface area contributed by atoms with Gasteiger partial charge in [0.05, 0.1) is 0 Å². The molecule has 0 fully saturated rings. The zero-order valence-electron chi connectivity index (χ0n) is 9.22. The van der Waals surface area contributed by atoms with Crippen molar-refractivity contribution >= 4 is 0 Å². The van der Waals surface area contributed by atoms with Crippen molar-refractivity contribution < 1.29 is 0 Å². The van der Waals surface area contributed by atoms with Crippen LogP contribution < -0.4 is 0 Å². The van der Waals surface area contributed by atoms with E-state index in [0.717, 1.165) is 11.8 Å². The van der Waals surface area contributed by atoms with Crippen molar-refractivity contribution in [3.05, 3.63) is 23.3 Å². The molecule has 0 radical (unpaired) electrons. The first-order valence-electron chi connectivity index (χ1n) is 5.39. The molecule has 0 amide bonds. The molecule has 72 valence electrons. The third-order valence-electron chi connectivity index (χ3n) is 3.59. The number of allylic oxidation sites excluding steroid dienone is 4. The summed E-state index contributed by atoms with van der Waals surface area (Å²) < 4.78 is 0. The van der Waals surface area contributed by atoms with Crippen molar-refractivity contribution in [1.82, 2.24) is 0 Å². The van der Waals surface area contributed by atoms with Gasteiger partial charge in [0.15, 0.2) is 0 Å². The van der Waals surface area contributed by atoms with Crippen LogP contribution in [-0.4, -0.2) is 0 Å². The third-order valence-corrected chi connectivity index (χ3v) is 3.59. The summed E-state index contributed by atoms with van der Waals surface area (Å²) in [6, 6.07) is 0. The Bertz CT molecular complexity index is 273. The monoisotopic (exact) mass is 176 g/mol. The smallest absolute Gasteiger partial charge is 0.0127 e. The van der Waals surface area contributed by atoms with Gasteiger partial charge in [0, 0.05) is 0 Å². The van der Waals surface area contributed by atoms with Gasteiger partial charge in [0.25, 0.3) is 0 Å². The maximum atomic E-state index is 2.37. The molecule has 0 saturated heterocycles. The van der Waals surface area contributed by atoms with E-state index in [0.29, 0.717) is 5.41 Å². The largest absolute Gasteiger partial charge is 0.0802 e. The van der Waals surface area contributed by atoms with Gasteiger partial charge in [-0.25, -0.2) is 0 Å². The van der Waals surface area contributed by atoms with Crippen LogP contribution >= 0.6 is 0 Å². The lowest BCUT2D eigenvalue weighted by atomic mass is 9.76. The molecule has 0 saturated carbocycles. The maximum absolute atomic E-state index is 2.37. The summed E-state index contributed by atoms with van der Waals surface area (Å²) in [6.45, 7) is 9.49. The van der Waals surface area contributed by atoms with E-state index in [2.05, 4.69) is 39.8 Å². The Balaban J connectivity index is 2.29. The van der Waals surface area contributed by atoms with Gasteiger partial charge in [0.1, 0.15) is 0 Å². The van der Waals surface area contributed by atoms with Gasteiger partial charge < -0.3 is 0 Å². The molecule has 0 bridgehead atoms. The number of hydrogen-bond acceptors (Lipinski definition) is 0. The fourth-order valence-corrected chi connectivity index (χ4v) is 2.86. The molecule has 0 aliphatic heterocycles. The van der Waals surface area contributed by atoms with Gasteiger partial charge in [-0.2, -0.15) is 0 Å². The van der Waals surface area contributed by atoms with E-state index < -0.39 is 0 Å². The predicted octanol–water partition coefficient (Wildman–Crippen LogP) is 3.95. The van der Waals surface area contributed by atoms with Crippen LogP contribution in [0.4, 0.5) is 0 Å². The lowest BCUT2D eigenvalue weighted by Gasteiger charge is -2.29. The van der Waals surface area contributed by atoms with E-state index in [1.54, 1.807) is 11.1 Å². The molecule has 0 N–H and O–H groups in total. The highest BCUT2D eigenvalue weighted by Gasteiger charge is 2.37. The molecule has 13 heavy (non-hydrogen) atoms. The summed E-state index contributed by atoms with van der Waals surface area (Å²) in [5.41, 5.74) is 3.84. The van der Waals surface area contributed by atoms with E-state index in [4.69, 9.17) is 0 Å². The Morgan fingerprint density at radius 3 is 2.62 bits per heavy atom. The van der Waals surface area contributed by atoms with Crippen LogP contribution in [0.1, 0.15) is 40.5 Å². The van der Waals surface area contributed by atoms with Crippen LogP contribution in [0.15, 0.2) is 23.3 Å². The summed E-state index contributed by atoms with van der Waals surface area (Å²) >= 11 is 0. The molecule has 0 heterocycles. The molecule has 2 aliphatic carbocycles. The molecule has 2 rings (SSSR count). The zero-order chi connectivity index (χ0) is 9.64. The van der Waals surface area contributed by atoms with Gasteiger partial charge in [-0.05, 0) is 35.7 Å². The number of rotatable bonds is 0. The van der Waals surface area contributed by atoms with Crippen LogP contribution in [0, 0.1) is 17.3 Å². The zero-order valence-corrected chi connectivity index (χ0v) is 9.22. The molecule has 0 heteroatoms. The first kappa shape index (κ1) is 9.05. The van der Waals surface area contributed by atoms with Crippen molar-refractivity contribution in [2.45, 2.75) is 40.5 Å². The average Bonchev–Trinajstić information content (AvgIpc) is 2.51. The normalized spacial score (nSPS) is 32.9. The minimum absolute atomic E-state index is 0.456. The Labute approximate surface area is 81.7 Å².